The highest BCUT2D eigenvalue weighted by molar-refractivity contribution is 5.91. The number of aromatic amines is 1. The van der Waals surface area contributed by atoms with Crippen molar-refractivity contribution in [3.63, 3.8) is 0 Å². The van der Waals surface area contributed by atoms with Crippen molar-refractivity contribution in [3.8, 4) is 11.5 Å². The quantitative estimate of drug-likeness (QED) is 0.747. The van der Waals surface area contributed by atoms with Crippen LogP contribution in [0.4, 0.5) is 5.82 Å². The lowest BCUT2D eigenvalue weighted by molar-refractivity contribution is -0.115. The first-order valence-electron chi connectivity index (χ1n) is 7.75. The maximum Gasteiger partial charge on any atom is 0.255 e. The summed E-state index contributed by atoms with van der Waals surface area (Å²) in [4.78, 5) is 35.9. The van der Waals surface area contributed by atoms with E-state index in [1.54, 1.807) is 43.0 Å². The molecule has 25 heavy (non-hydrogen) atoms. The molecule has 0 atom stereocenters. The van der Waals surface area contributed by atoms with Gasteiger partial charge in [-0.1, -0.05) is 6.07 Å². The van der Waals surface area contributed by atoms with Crippen LogP contribution in [0.3, 0.4) is 0 Å². The zero-order valence-electron chi connectivity index (χ0n) is 14.2. The van der Waals surface area contributed by atoms with Crippen LogP contribution in [0.5, 0.6) is 0 Å². The molecule has 0 aliphatic heterocycles. The summed E-state index contributed by atoms with van der Waals surface area (Å²) >= 11 is 0. The molecule has 0 saturated heterocycles. The van der Waals surface area contributed by atoms with Gasteiger partial charge in [0, 0.05) is 30.6 Å². The molecule has 3 rings (SSSR count). The number of H-pyrrole nitrogens is 1. The smallest absolute Gasteiger partial charge is 0.255 e. The number of aryl methyl sites for hydroxylation is 3. The average molecular weight is 338 g/mol. The molecule has 0 aromatic carbocycles. The van der Waals surface area contributed by atoms with E-state index in [-0.39, 0.29) is 17.9 Å². The summed E-state index contributed by atoms with van der Waals surface area (Å²) in [5.74, 6) is 0.660. The van der Waals surface area contributed by atoms with Crippen LogP contribution < -0.4 is 10.9 Å². The van der Waals surface area contributed by atoms with Gasteiger partial charge in [0.05, 0.1) is 12.1 Å². The van der Waals surface area contributed by atoms with Gasteiger partial charge in [0.15, 0.2) is 5.82 Å². The molecule has 0 unspecified atom stereocenters. The Morgan fingerprint density at radius 3 is 2.72 bits per heavy atom. The van der Waals surface area contributed by atoms with Crippen molar-refractivity contribution in [1.82, 2.24) is 24.7 Å². The lowest BCUT2D eigenvalue weighted by atomic mass is 10.1. The number of aromatic nitrogens is 5. The van der Waals surface area contributed by atoms with Gasteiger partial charge in [-0.15, -0.1) is 0 Å². The van der Waals surface area contributed by atoms with Gasteiger partial charge in [-0.25, -0.2) is 4.98 Å². The molecule has 8 heteroatoms. The van der Waals surface area contributed by atoms with E-state index in [1.807, 2.05) is 13.0 Å². The second-order valence-corrected chi connectivity index (χ2v) is 5.71. The minimum absolute atomic E-state index is 0.0686. The van der Waals surface area contributed by atoms with E-state index in [2.05, 4.69) is 25.4 Å². The minimum Gasteiger partial charge on any atom is -0.311 e. The molecule has 128 valence electrons. The van der Waals surface area contributed by atoms with E-state index >= 15 is 0 Å². The highest BCUT2D eigenvalue weighted by Crippen LogP contribution is 2.12. The van der Waals surface area contributed by atoms with Crippen molar-refractivity contribution in [1.29, 1.82) is 0 Å². The Morgan fingerprint density at radius 2 is 2.12 bits per heavy atom. The van der Waals surface area contributed by atoms with E-state index < -0.39 is 0 Å². The fourth-order valence-electron chi connectivity index (χ4n) is 2.52. The minimum atomic E-state index is -0.343. The molecule has 0 bridgehead atoms. The van der Waals surface area contributed by atoms with Crippen molar-refractivity contribution < 1.29 is 4.79 Å². The number of pyridine rings is 1. The summed E-state index contributed by atoms with van der Waals surface area (Å²) in [5, 5.41) is 6.92. The van der Waals surface area contributed by atoms with Gasteiger partial charge in [-0.3, -0.25) is 19.3 Å². The van der Waals surface area contributed by atoms with E-state index in [0.29, 0.717) is 28.6 Å². The molecule has 3 aromatic rings. The van der Waals surface area contributed by atoms with Gasteiger partial charge >= 0.3 is 0 Å². The Bertz CT molecular complexity index is 975. The molecule has 0 saturated carbocycles. The lowest BCUT2D eigenvalue weighted by Crippen LogP contribution is -2.24. The van der Waals surface area contributed by atoms with Crippen LogP contribution >= 0.6 is 0 Å². The second-order valence-electron chi connectivity index (χ2n) is 5.71. The number of hydrogen-bond acceptors (Lipinski definition) is 5. The van der Waals surface area contributed by atoms with E-state index in [9.17, 15) is 9.59 Å². The third-order valence-corrected chi connectivity index (χ3v) is 3.74. The van der Waals surface area contributed by atoms with E-state index in [1.165, 1.54) is 0 Å². The van der Waals surface area contributed by atoms with Gasteiger partial charge in [-0.2, -0.15) is 5.10 Å². The molecule has 3 aromatic heterocycles. The van der Waals surface area contributed by atoms with Crippen molar-refractivity contribution in [2.75, 3.05) is 5.32 Å². The summed E-state index contributed by atoms with van der Waals surface area (Å²) in [6.45, 7) is 3.54. The van der Waals surface area contributed by atoms with E-state index in [0.717, 1.165) is 5.69 Å². The first kappa shape index (κ1) is 16.6. The first-order chi connectivity index (χ1) is 11.9. The fourth-order valence-corrected chi connectivity index (χ4v) is 2.52. The standard InChI is InChI=1S/C17H18N6O2/c1-10-8-14(23(3)22-10)20-15(24)9-12-11(2)19-16(21-17(12)25)13-6-4-5-7-18-13/h4-8H,9H2,1-3H3,(H,20,24)(H,19,21,25). The number of amides is 1. The maximum absolute atomic E-state index is 12.4. The normalized spacial score (nSPS) is 10.7. The van der Waals surface area contributed by atoms with Crippen LogP contribution in [0.15, 0.2) is 35.3 Å². The van der Waals surface area contributed by atoms with Crippen molar-refractivity contribution >= 4 is 11.7 Å². The Morgan fingerprint density at radius 1 is 1.32 bits per heavy atom. The predicted molar refractivity (Wildman–Crippen MR) is 93.1 cm³/mol. The van der Waals surface area contributed by atoms with Crippen LogP contribution in [0.1, 0.15) is 17.0 Å². The van der Waals surface area contributed by atoms with Crippen molar-refractivity contribution in [2.45, 2.75) is 20.3 Å². The van der Waals surface area contributed by atoms with Gasteiger partial charge in [0.2, 0.25) is 5.91 Å². The largest absolute Gasteiger partial charge is 0.311 e. The van der Waals surface area contributed by atoms with Gasteiger partial charge in [0.25, 0.3) is 5.56 Å². The number of carbonyl (C=O) groups is 1. The Hall–Kier alpha value is -3.29. The highest BCUT2D eigenvalue weighted by atomic mass is 16.2. The summed E-state index contributed by atoms with van der Waals surface area (Å²) in [6, 6.07) is 7.12. The molecule has 0 spiro atoms. The zero-order valence-corrected chi connectivity index (χ0v) is 14.2. The van der Waals surface area contributed by atoms with Crippen molar-refractivity contribution in [2.24, 2.45) is 7.05 Å². The molecule has 1 amide bonds. The number of hydrogen-bond donors (Lipinski definition) is 2. The topological polar surface area (TPSA) is 106 Å². The molecule has 2 N–H and O–H groups in total. The number of carbonyl (C=O) groups excluding carboxylic acids is 1. The monoisotopic (exact) mass is 338 g/mol. The van der Waals surface area contributed by atoms with Crippen LogP contribution in [0, 0.1) is 13.8 Å². The molecular formula is C17H18N6O2. The van der Waals surface area contributed by atoms with Crippen molar-refractivity contribution in [3.05, 3.63) is 57.8 Å². The molecule has 3 heterocycles. The Kier molecular flexibility index (Phi) is 4.42. The number of nitrogens with one attached hydrogen (secondary N) is 2. The Labute approximate surface area is 144 Å². The van der Waals surface area contributed by atoms with Crippen LogP contribution in [-0.2, 0) is 18.3 Å². The molecule has 0 aliphatic rings. The highest BCUT2D eigenvalue weighted by Gasteiger charge is 2.15. The van der Waals surface area contributed by atoms with Crippen LogP contribution in [-0.4, -0.2) is 30.6 Å². The van der Waals surface area contributed by atoms with Gasteiger partial charge in [-0.05, 0) is 26.0 Å². The predicted octanol–water partition coefficient (Wildman–Crippen LogP) is 1.36. The molecule has 0 radical (unpaired) electrons. The lowest BCUT2D eigenvalue weighted by Gasteiger charge is -2.08. The van der Waals surface area contributed by atoms with Gasteiger partial charge < -0.3 is 10.3 Å². The maximum atomic E-state index is 12.4. The summed E-state index contributed by atoms with van der Waals surface area (Å²) in [6.07, 6.45) is 1.56. The Balaban J connectivity index is 1.82. The van der Waals surface area contributed by atoms with Crippen LogP contribution in [0.2, 0.25) is 0 Å². The summed E-state index contributed by atoms with van der Waals surface area (Å²) < 4.78 is 1.58. The molecule has 0 fully saturated rings. The average Bonchev–Trinajstić information content (AvgIpc) is 2.89. The van der Waals surface area contributed by atoms with E-state index in [4.69, 9.17) is 0 Å². The van der Waals surface area contributed by atoms with Gasteiger partial charge in [0.1, 0.15) is 11.5 Å². The number of rotatable bonds is 4. The number of anilines is 1. The SMILES string of the molecule is Cc1cc(NC(=O)Cc2c(C)nc(-c3ccccn3)[nH]c2=O)n(C)n1. The number of nitrogens with zero attached hydrogens (tertiary/aromatic N) is 4. The summed E-state index contributed by atoms with van der Waals surface area (Å²) in [5.41, 5.74) is 1.86. The third-order valence-electron chi connectivity index (χ3n) is 3.74. The zero-order chi connectivity index (χ0) is 18.0. The third kappa shape index (κ3) is 3.63. The first-order valence-corrected chi connectivity index (χ1v) is 7.75. The van der Waals surface area contributed by atoms with Crippen LogP contribution in [0.25, 0.3) is 11.5 Å². The molecular weight excluding hydrogens is 320 g/mol. The summed E-state index contributed by atoms with van der Waals surface area (Å²) in [7, 11) is 1.74. The molecule has 8 nitrogen and oxygen atoms in total. The molecule has 0 aliphatic carbocycles. The second kappa shape index (κ2) is 6.68. The fraction of sp³-hybridized carbons (Fsp3) is 0.235.